The minimum absolute atomic E-state index is 0.122. The SMILES string of the molecule is CC(CC(=O)NC1CC(O)C1(C)C)CC(C)(C)C. The normalized spacial score (nSPS) is 28.4. The van der Waals surface area contributed by atoms with E-state index in [1.807, 2.05) is 13.8 Å². The minimum Gasteiger partial charge on any atom is -0.392 e. The summed E-state index contributed by atoms with van der Waals surface area (Å²) in [5, 5.41) is 12.7. The molecule has 0 radical (unpaired) electrons. The molecule has 0 saturated heterocycles. The summed E-state index contributed by atoms with van der Waals surface area (Å²) in [6, 6.07) is 0.127. The number of hydrogen-bond donors (Lipinski definition) is 2. The monoisotopic (exact) mass is 255 g/mol. The average molecular weight is 255 g/mol. The Morgan fingerprint density at radius 1 is 1.44 bits per heavy atom. The van der Waals surface area contributed by atoms with Crippen molar-refractivity contribution in [1.29, 1.82) is 0 Å². The Balaban J connectivity index is 2.35. The predicted molar refractivity (Wildman–Crippen MR) is 74.2 cm³/mol. The van der Waals surface area contributed by atoms with Gasteiger partial charge in [-0.1, -0.05) is 41.5 Å². The first kappa shape index (κ1) is 15.5. The quantitative estimate of drug-likeness (QED) is 0.811. The van der Waals surface area contributed by atoms with Crippen molar-refractivity contribution >= 4 is 5.91 Å². The van der Waals surface area contributed by atoms with Crippen LogP contribution >= 0.6 is 0 Å². The number of hydrogen-bond acceptors (Lipinski definition) is 2. The summed E-state index contributed by atoms with van der Waals surface area (Å²) in [6.07, 6.45) is 2.04. The van der Waals surface area contributed by atoms with Gasteiger partial charge >= 0.3 is 0 Å². The molecule has 3 nitrogen and oxygen atoms in total. The number of nitrogens with one attached hydrogen (secondary N) is 1. The molecule has 3 heteroatoms. The Morgan fingerprint density at radius 2 is 2.00 bits per heavy atom. The summed E-state index contributed by atoms with van der Waals surface area (Å²) in [4.78, 5) is 11.9. The zero-order valence-corrected chi connectivity index (χ0v) is 12.7. The molecule has 3 unspecified atom stereocenters. The molecule has 0 aromatic heterocycles. The van der Waals surface area contributed by atoms with E-state index in [0.717, 1.165) is 6.42 Å². The average Bonchev–Trinajstić information content (AvgIpc) is 2.13. The standard InChI is InChI=1S/C15H29NO2/c1-10(9-14(2,3)4)7-13(18)16-11-8-12(17)15(11,5)6/h10-12,17H,7-9H2,1-6H3,(H,16,18). The fourth-order valence-electron chi connectivity index (χ4n) is 2.83. The van der Waals surface area contributed by atoms with E-state index in [0.29, 0.717) is 18.8 Å². The summed E-state index contributed by atoms with van der Waals surface area (Å²) < 4.78 is 0. The number of aliphatic hydroxyl groups excluding tert-OH is 1. The molecular formula is C15H29NO2. The molecular weight excluding hydrogens is 226 g/mol. The molecule has 0 aromatic carbocycles. The largest absolute Gasteiger partial charge is 0.392 e. The van der Waals surface area contributed by atoms with Gasteiger partial charge < -0.3 is 10.4 Å². The van der Waals surface area contributed by atoms with Gasteiger partial charge in [0, 0.05) is 17.9 Å². The Hall–Kier alpha value is -0.570. The fourth-order valence-corrected chi connectivity index (χ4v) is 2.83. The molecule has 2 N–H and O–H groups in total. The molecule has 18 heavy (non-hydrogen) atoms. The molecule has 3 atom stereocenters. The van der Waals surface area contributed by atoms with Crippen LogP contribution in [-0.2, 0) is 4.79 Å². The van der Waals surface area contributed by atoms with Crippen LogP contribution in [0.15, 0.2) is 0 Å². The third-order valence-electron chi connectivity index (χ3n) is 4.05. The third kappa shape index (κ3) is 3.98. The summed E-state index contributed by atoms with van der Waals surface area (Å²) in [5.41, 5.74) is 0.0918. The smallest absolute Gasteiger partial charge is 0.220 e. The molecule has 0 heterocycles. The molecule has 106 valence electrons. The third-order valence-corrected chi connectivity index (χ3v) is 4.05. The summed E-state index contributed by atoms with van der Waals surface area (Å²) in [6.45, 7) is 12.7. The zero-order valence-electron chi connectivity index (χ0n) is 12.7. The molecule has 0 bridgehead atoms. The molecule has 1 fully saturated rings. The zero-order chi connectivity index (χ0) is 14.1. The van der Waals surface area contributed by atoms with Crippen molar-refractivity contribution in [2.45, 2.75) is 73.0 Å². The van der Waals surface area contributed by atoms with E-state index in [1.165, 1.54) is 0 Å². The number of carbonyl (C=O) groups is 1. The summed E-state index contributed by atoms with van der Waals surface area (Å²) in [7, 11) is 0. The van der Waals surface area contributed by atoms with E-state index < -0.39 is 0 Å². The summed E-state index contributed by atoms with van der Waals surface area (Å²) in [5.74, 6) is 0.523. The van der Waals surface area contributed by atoms with Crippen molar-refractivity contribution in [3.8, 4) is 0 Å². The van der Waals surface area contributed by atoms with E-state index in [9.17, 15) is 9.90 Å². The second-order valence-electron chi connectivity index (χ2n) is 7.77. The highest BCUT2D eigenvalue weighted by atomic mass is 16.3. The van der Waals surface area contributed by atoms with Crippen molar-refractivity contribution in [2.75, 3.05) is 0 Å². The molecule has 0 spiro atoms. The van der Waals surface area contributed by atoms with Gasteiger partial charge in [-0.05, 0) is 24.2 Å². The highest BCUT2D eigenvalue weighted by Gasteiger charge is 2.47. The molecule has 1 aliphatic carbocycles. The van der Waals surface area contributed by atoms with Gasteiger partial charge in [-0.2, -0.15) is 0 Å². The van der Waals surface area contributed by atoms with E-state index in [4.69, 9.17) is 0 Å². The number of aliphatic hydroxyl groups is 1. The number of amides is 1. The van der Waals surface area contributed by atoms with Crippen LogP contribution in [-0.4, -0.2) is 23.2 Å². The molecule has 1 amide bonds. The Labute approximate surface area is 111 Å². The molecule has 0 aromatic rings. The van der Waals surface area contributed by atoms with Gasteiger partial charge in [-0.15, -0.1) is 0 Å². The molecule has 1 saturated carbocycles. The van der Waals surface area contributed by atoms with Crippen molar-refractivity contribution in [2.24, 2.45) is 16.7 Å². The van der Waals surface area contributed by atoms with E-state index in [-0.39, 0.29) is 28.9 Å². The highest BCUT2D eigenvalue weighted by Crippen LogP contribution is 2.40. The van der Waals surface area contributed by atoms with Gasteiger partial charge in [-0.25, -0.2) is 0 Å². The van der Waals surface area contributed by atoms with E-state index in [2.05, 4.69) is 33.0 Å². The maximum Gasteiger partial charge on any atom is 0.220 e. The Kier molecular flexibility index (Phi) is 4.47. The summed E-state index contributed by atoms with van der Waals surface area (Å²) >= 11 is 0. The van der Waals surface area contributed by atoms with Gasteiger partial charge in [-0.3, -0.25) is 4.79 Å². The van der Waals surface area contributed by atoms with Gasteiger partial charge in [0.15, 0.2) is 0 Å². The van der Waals surface area contributed by atoms with Crippen molar-refractivity contribution < 1.29 is 9.90 Å². The van der Waals surface area contributed by atoms with Crippen LogP contribution in [0.4, 0.5) is 0 Å². The predicted octanol–water partition coefficient (Wildman–Crippen LogP) is 2.72. The minimum atomic E-state index is -0.283. The maximum atomic E-state index is 11.9. The second kappa shape index (κ2) is 5.20. The first-order valence-electron chi connectivity index (χ1n) is 7.00. The van der Waals surface area contributed by atoms with Gasteiger partial charge in [0.1, 0.15) is 0 Å². The first-order valence-corrected chi connectivity index (χ1v) is 7.00. The molecule has 1 aliphatic rings. The lowest BCUT2D eigenvalue weighted by Crippen LogP contribution is -2.61. The number of carbonyl (C=O) groups excluding carboxylic acids is 1. The molecule has 0 aliphatic heterocycles. The van der Waals surface area contributed by atoms with Gasteiger partial charge in [0.25, 0.3) is 0 Å². The van der Waals surface area contributed by atoms with E-state index >= 15 is 0 Å². The van der Waals surface area contributed by atoms with Crippen LogP contribution in [0, 0.1) is 16.7 Å². The van der Waals surface area contributed by atoms with Gasteiger partial charge in [0.2, 0.25) is 5.91 Å². The lowest BCUT2D eigenvalue weighted by atomic mass is 9.64. The van der Waals surface area contributed by atoms with Crippen LogP contribution in [0.3, 0.4) is 0 Å². The number of rotatable bonds is 4. The van der Waals surface area contributed by atoms with Crippen molar-refractivity contribution in [3.05, 3.63) is 0 Å². The van der Waals surface area contributed by atoms with E-state index in [1.54, 1.807) is 0 Å². The Morgan fingerprint density at radius 3 is 2.39 bits per heavy atom. The van der Waals surface area contributed by atoms with Crippen LogP contribution < -0.4 is 5.32 Å². The lowest BCUT2D eigenvalue weighted by molar-refractivity contribution is -0.130. The van der Waals surface area contributed by atoms with Crippen molar-refractivity contribution in [1.82, 2.24) is 5.32 Å². The van der Waals surface area contributed by atoms with Crippen LogP contribution in [0.25, 0.3) is 0 Å². The molecule has 1 rings (SSSR count). The van der Waals surface area contributed by atoms with Crippen molar-refractivity contribution in [3.63, 3.8) is 0 Å². The van der Waals surface area contributed by atoms with Gasteiger partial charge in [0.05, 0.1) is 6.10 Å². The fraction of sp³-hybridized carbons (Fsp3) is 0.933. The maximum absolute atomic E-state index is 11.9. The second-order valence-corrected chi connectivity index (χ2v) is 7.77. The van der Waals surface area contributed by atoms with Crippen LogP contribution in [0.5, 0.6) is 0 Å². The van der Waals surface area contributed by atoms with Crippen LogP contribution in [0.2, 0.25) is 0 Å². The van der Waals surface area contributed by atoms with Crippen LogP contribution in [0.1, 0.15) is 60.8 Å². The lowest BCUT2D eigenvalue weighted by Gasteiger charge is -2.49. The topological polar surface area (TPSA) is 49.3 Å². The Bertz CT molecular complexity index is 304. The first-order chi connectivity index (χ1) is 8.02. The highest BCUT2D eigenvalue weighted by molar-refractivity contribution is 5.76.